The number of ether oxygens (including phenoxy) is 1. The van der Waals surface area contributed by atoms with Gasteiger partial charge in [0.2, 0.25) is 0 Å². The lowest BCUT2D eigenvalue weighted by atomic mass is 10.1. The molecule has 1 fully saturated rings. The van der Waals surface area contributed by atoms with Crippen LogP contribution >= 0.6 is 0 Å². The van der Waals surface area contributed by atoms with Crippen LogP contribution in [0.3, 0.4) is 0 Å². The predicted octanol–water partition coefficient (Wildman–Crippen LogP) is 3.42. The molecule has 5 rings (SSSR count). The first-order valence-corrected chi connectivity index (χ1v) is 10.5. The molecule has 0 saturated carbocycles. The number of amides is 1. The van der Waals surface area contributed by atoms with Crippen molar-refractivity contribution in [2.45, 2.75) is 0 Å². The molecule has 0 radical (unpaired) electrons. The fourth-order valence-corrected chi connectivity index (χ4v) is 3.63. The summed E-state index contributed by atoms with van der Waals surface area (Å²) in [7, 11) is 0. The van der Waals surface area contributed by atoms with E-state index in [0.717, 1.165) is 17.4 Å². The maximum Gasteiger partial charge on any atom is 0.253 e. The van der Waals surface area contributed by atoms with Crippen molar-refractivity contribution in [2.24, 2.45) is 0 Å². The molecule has 0 spiro atoms. The van der Waals surface area contributed by atoms with Gasteiger partial charge in [0.25, 0.3) is 5.91 Å². The number of carbonyl (C=O) groups is 1. The SMILES string of the molecule is O=C(c1ccc(Oc2ccccc2)cc1)N1CCN(c2ccc(-n3ccnc3)nn2)CC1. The monoisotopic (exact) mass is 426 g/mol. The Morgan fingerprint density at radius 1 is 0.781 bits per heavy atom. The minimum atomic E-state index is 0.0254. The van der Waals surface area contributed by atoms with Gasteiger partial charge in [-0.05, 0) is 48.5 Å². The average molecular weight is 426 g/mol. The Balaban J connectivity index is 1.17. The predicted molar refractivity (Wildman–Crippen MR) is 120 cm³/mol. The molecule has 32 heavy (non-hydrogen) atoms. The van der Waals surface area contributed by atoms with Gasteiger partial charge in [-0.2, -0.15) is 0 Å². The molecule has 1 saturated heterocycles. The van der Waals surface area contributed by atoms with Crippen LogP contribution in [0.25, 0.3) is 5.82 Å². The summed E-state index contributed by atoms with van der Waals surface area (Å²) in [5, 5.41) is 8.62. The number of aromatic nitrogens is 4. The Kier molecular flexibility index (Phi) is 5.48. The standard InChI is InChI=1S/C24H22N6O2/c31-24(19-6-8-21(9-7-19)32-20-4-2-1-3-5-20)29-16-14-28(15-17-29)22-10-11-23(27-26-22)30-13-12-25-18-30/h1-13,18H,14-17H2. The number of hydrogen-bond donors (Lipinski definition) is 0. The second kappa shape index (κ2) is 8.89. The Morgan fingerprint density at radius 3 is 2.12 bits per heavy atom. The van der Waals surface area contributed by atoms with Crippen molar-refractivity contribution >= 4 is 11.7 Å². The zero-order valence-electron chi connectivity index (χ0n) is 17.4. The molecule has 0 unspecified atom stereocenters. The van der Waals surface area contributed by atoms with Crippen molar-refractivity contribution in [3.8, 4) is 17.3 Å². The van der Waals surface area contributed by atoms with Crippen molar-refractivity contribution < 1.29 is 9.53 Å². The van der Waals surface area contributed by atoms with Crippen LogP contribution in [-0.4, -0.2) is 56.7 Å². The smallest absolute Gasteiger partial charge is 0.253 e. The van der Waals surface area contributed by atoms with Crippen LogP contribution in [0.5, 0.6) is 11.5 Å². The number of piperazine rings is 1. The van der Waals surface area contributed by atoms with E-state index in [4.69, 9.17) is 4.74 Å². The summed E-state index contributed by atoms with van der Waals surface area (Å²) in [6.07, 6.45) is 5.22. The van der Waals surface area contributed by atoms with Crippen LogP contribution in [0.4, 0.5) is 5.82 Å². The maximum absolute atomic E-state index is 12.9. The summed E-state index contributed by atoms with van der Waals surface area (Å²) < 4.78 is 7.61. The van der Waals surface area contributed by atoms with E-state index >= 15 is 0 Å². The van der Waals surface area contributed by atoms with Gasteiger partial charge in [0.1, 0.15) is 17.8 Å². The van der Waals surface area contributed by atoms with Crippen LogP contribution in [0, 0.1) is 0 Å². The Hall–Kier alpha value is -4.20. The van der Waals surface area contributed by atoms with Gasteiger partial charge in [-0.15, -0.1) is 10.2 Å². The topological polar surface area (TPSA) is 76.4 Å². The molecule has 8 nitrogen and oxygen atoms in total. The minimum Gasteiger partial charge on any atom is -0.457 e. The van der Waals surface area contributed by atoms with E-state index in [-0.39, 0.29) is 5.91 Å². The molecule has 0 atom stereocenters. The summed E-state index contributed by atoms with van der Waals surface area (Å²) in [6, 6.07) is 20.7. The van der Waals surface area contributed by atoms with E-state index in [2.05, 4.69) is 20.1 Å². The number of rotatable bonds is 5. The number of hydrogen-bond acceptors (Lipinski definition) is 6. The number of anilines is 1. The van der Waals surface area contributed by atoms with Gasteiger partial charge in [-0.1, -0.05) is 18.2 Å². The van der Waals surface area contributed by atoms with Crippen molar-refractivity contribution in [1.82, 2.24) is 24.6 Å². The van der Waals surface area contributed by atoms with E-state index in [1.165, 1.54) is 0 Å². The zero-order chi connectivity index (χ0) is 21.8. The normalized spacial score (nSPS) is 13.8. The number of para-hydroxylation sites is 1. The van der Waals surface area contributed by atoms with Gasteiger partial charge in [0, 0.05) is 44.1 Å². The fraction of sp³-hybridized carbons (Fsp3) is 0.167. The largest absolute Gasteiger partial charge is 0.457 e. The first-order chi connectivity index (χ1) is 15.8. The number of imidazole rings is 1. The van der Waals surface area contributed by atoms with E-state index in [1.54, 1.807) is 12.5 Å². The Bertz CT molecular complexity index is 1150. The molecule has 1 aliphatic rings. The molecular formula is C24H22N6O2. The van der Waals surface area contributed by atoms with E-state index < -0.39 is 0 Å². The number of benzene rings is 2. The van der Waals surface area contributed by atoms with Gasteiger partial charge >= 0.3 is 0 Å². The summed E-state index contributed by atoms with van der Waals surface area (Å²) in [4.78, 5) is 21.0. The molecule has 3 heterocycles. The van der Waals surface area contributed by atoms with Crippen LogP contribution in [0.15, 0.2) is 85.5 Å². The van der Waals surface area contributed by atoms with Crippen molar-refractivity contribution in [2.75, 3.05) is 31.1 Å². The molecule has 1 aliphatic heterocycles. The third-order valence-electron chi connectivity index (χ3n) is 5.38. The highest BCUT2D eigenvalue weighted by atomic mass is 16.5. The lowest BCUT2D eigenvalue weighted by Crippen LogP contribution is -2.49. The highest BCUT2D eigenvalue weighted by Gasteiger charge is 2.23. The second-order valence-electron chi connectivity index (χ2n) is 7.44. The molecule has 0 N–H and O–H groups in total. The Morgan fingerprint density at radius 2 is 1.47 bits per heavy atom. The first-order valence-electron chi connectivity index (χ1n) is 10.5. The molecule has 0 bridgehead atoms. The summed E-state index contributed by atoms with van der Waals surface area (Å²) in [5.41, 5.74) is 0.656. The van der Waals surface area contributed by atoms with E-state index in [1.807, 2.05) is 82.4 Å². The van der Waals surface area contributed by atoms with Crippen LogP contribution in [0.2, 0.25) is 0 Å². The Labute approximate surface area is 185 Å². The molecule has 160 valence electrons. The lowest BCUT2D eigenvalue weighted by molar-refractivity contribution is 0.0746. The van der Waals surface area contributed by atoms with Gasteiger partial charge in [0.15, 0.2) is 11.6 Å². The molecule has 2 aromatic carbocycles. The van der Waals surface area contributed by atoms with Gasteiger partial charge in [0.05, 0.1) is 0 Å². The van der Waals surface area contributed by atoms with Crippen molar-refractivity contribution in [3.05, 3.63) is 91.0 Å². The molecule has 2 aromatic heterocycles. The maximum atomic E-state index is 12.9. The van der Waals surface area contributed by atoms with Crippen molar-refractivity contribution in [1.29, 1.82) is 0 Å². The van der Waals surface area contributed by atoms with Crippen molar-refractivity contribution in [3.63, 3.8) is 0 Å². The third kappa shape index (κ3) is 4.29. The summed E-state index contributed by atoms with van der Waals surface area (Å²) in [5.74, 6) is 3.03. The molecule has 1 amide bonds. The minimum absolute atomic E-state index is 0.0254. The second-order valence-corrected chi connectivity index (χ2v) is 7.44. The highest BCUT2D eigenvalue weighted by Crippen LogP contribution is 2.22. The quantitative estimate of drug-likeness (QED) is 0.487. The van der Waals surface area contributed by atoms with Gasteiger partial charge in [-0.3, -0.25) is 9.36 Å². The first kappa shape index (κ1) is 19.7. The van der Waals surface area contributed by atoms with Crippen LogP contribution < -0.4 is 9.64 Å². The summed E-state index contributed by atoms with van der Waals surface area (Å²) in [6.45, 7) is 2.68. The zero-order valence-corrected chi connectivity index (χ0v) is 17.4. The van der Waals surface area contributed by atoms with Crippen LogP contribution in [0.1, 0.15) is 10.4 Å². The van der Waals surface area contributed by atoms with Gasteiger partial charge in [-0.25, -0.2) is 4.98 Å². The molecule has 0 aliphatic carbocycles. The molecule has 4 aromatic rings. The molecule has 8 heteroatoms. The van der Waals surface area contributed by atoms with Gasteiger partial charge < -0.3 is 14.5 Å². The van der Waals surface area contributed by atoms with E-state index in [0.29, 0.717) is 37.5 Å². The number of carbonyl (C=O) groups excluding carboxylic acids is 1. The number of nitrogens with zero attached hydrogens (tertiary/aromatic N) is 6. The summed E-state index contributed by atoms with van der Waals surface area (Å²) >= 11 is 0. The van der Waals surface area contributed by atoms with E-state index in [9.17, 15) is 4.79 Å². The average Bonchev–Trinajstić information content (AvgIpc) is 3.40. The van der Waals surface area contributed by atoms with Crippen LogP contribution in [-0.2, 0) is 0 Å². The fourth-order valence-electron chi connectivity index (χ4n) is 3.63. The third-order valence-corrected chi connectivity index (χ3v) is 5.38. The lowest BCUT2D eigenvalue weighted by Gasteiger charge is -2.35. The highest BCUT2D eigenvalue weighted by molar-refractivity contribution is 5.94. The molecular weight excluding hydrogens is 404 g/mol.